The zero-order chi connectivity index (χ0) is 17.1. The van der Waals surface area contributed by atoms with Crippen LogP contribution in [0.15, 0.2) is 42.5 Å². The van der Waals surface area contributed by atoms with Crippen LogP contribution in [0, 0.1) is 5.82 Å². The Labute approximate surface area is 148 Å². The van der Waals surface area contributed by atoms with E-state index in [9.17, 15) is 4.39 Å². The summed E-state index contributed by atoms with van der Waals surface area (Å²) in [5, 5.41) is 0. The molecule has 3 heterocycles. The van der Waals surface area contributed by atoms with E-state index in [1.54, 1.807) is 12.1 Å². The van der Waals surface area contributed by atoms with Crippen molar-refractivity contribution in [3.8, 4) is 0 Å². The molecule has 0 aliphatic carbocycles. The first-order valence-electron chi connectivity index (χ1n) is 9.33. The molecular formula is C21H25FN2O. The van der Waals surface area contributed by atoms with E-state index >= 15 is 0 Å². The lowest BCUT2D eigenvalue weighted by Crippen LogP contribution is -2.39. The third-order valence-corrected chi connectivity index (χ3v) is 5.40. The van der Waals surface area contributed by atoms with Crippen LogP contribution < -0.4 is 0 Å². The Balaban J connectivity index is 1.52. The van der Waals surface area contributed by atoms with Crippen molar-refractivity contribution in [1.82, 2.24) is 9.88 Å². The molecule has 4 heteroatoms. The second-order valence-electron chi connectivity index (χ2n) is 7.10. The Morgan fingerprint density at radius 3 is 2.76 bits per heavy atom. The van der Waals surface area contributed by atoms with E-state index in [0.29, 0.717) is 18.5 Å². The van der Waals surface area contributed by atoms with Crippen molar-refractivity contribution in [3.05, 3.63) is 65.2 Å². The van der Waals surface area contributed by atoms with Gasteiger partial charge in [-0.15, -0.1) is 0 Å². The van der Waals surface area contributed by atoms with Gasteiger partial charge < -0.3 is 4.74 Å². The Hall–Kier alpha value is -1.78. The third kappa shape index (κ3) is 3.91. The summed E-state index contributed by atoms with van der Waals surface area (Å²) in [5.74, 6) is -0.185. The minimum atomic E-state index is -0.185. The minimum absolute atomic E-state index is 0.185. The molecule has 0 unspecified atom stereocenters. The summed E-state index contributed by atoms with van der Waals surface area (Å²) >= 11 is 0. The zero-order valence-corrected chi connectivity index (χ0v) is 14.5. The largest absolute Gasteiger partial charge is 0.381 e. The second kappa shape index (κ2) is 7.63. The smallest absolute Gasteiger partial charge is 0.123 e. The number of rotatable bonds is 4. The van der Waals surface area contributed by atoms with Gasteiger partial charge in [-0.2, -0.15) is 0 Å². The lowest BCUT2D eigenvalue weighted by atomic mass is 10.0. The molecule has 1 aromatic heterocycles. The predicted molar refractivity (Wildman–Crippen MR) is 96.0 cm³/mol. The van der Waals surface area contributed by atoms with Gasteiger partial charge in [-0.25, -0.2) is 4.39 Å². The van der Waals surface area contributed by atoms with Crippen molar-refractivity contribution in [2.75, 3.05) is 19.8 Å². The molecule has 0 spiro atoms. The summed E-state index contributed by atoms with van der Waals surface area (Å²) in [5.41, 5.74) is 3.15. The number of hydrogen-bond acceptors (Lipinski definition) is 3. The number of halogens is 1. The highest BCUT2D eigenvalue weighted by Crippen LogP contribution is 2.35. The first-order valence-corrected chi connectivity index (χ1v) is 9.33. The van der Waals surface area contributed by atoms with Crippen LogP contribution in [0.3, 0.4) is 0 Å². The molecule has 132 valence electrons. The van der Waals surface area contributed by atoms with E-state index in [-0.39, 0.29) is 5.82 Å². The standard InChI is InChI=1S/C21H25FN2O/c22-17-5-1-4-16(14-17)15-18-6-2-7-20(23-18)21-8-3-11-24(21)19-9-12-25-13-10-19/h1-2,4-7,14,19,21H,3,8-13,15H2/t21-/m1/s1. The van der Waals surface area contributed by atoms with Crippen LogP contribution in [0.1, 0.15) is 48.7 Å². The predicted octanol–water partition coefficient (Wildman–Crippen LogP) is 4.13. The Morgan fingerprint density at radius 1 is 1.08 bits per heavy atom. The van der Waals surface area contributed by atoms with E-state index in [0.717, 1.165) is 49.6 Å². The maximum Gasteiger partial charge on any atom is 0.123 e. The van der Waals surface area contributed by atoms with Gasteiger partial charge in [0.1, 0.15) is 5.82 Å². The number of pyridine rings is 1. The molecule has 0 saturated carbocycles. The number of benzene rings is 1. The fourth-order valence-corrected chi connectivity index (χ4v) is 4.20. The highest BCUT2D eigenvalue weighted by atomic mass is 19.1. The third-order valence-electron chi connectivity index (χ3n) is 5.40. The lowest BCUT2D eigenvalue weighted by Gasteiger charge is -2.35. The summed E-state index contributed by atoms with van der Waals surface area (Å²) in [4.78, 5) is 7.57. The number of nitrogens with zero attached hydrogens (tertiary/aromatic N) is 2. The maximum absolute atomic E-state index is 13.4. The fourth-order valence-electron chi connectivity index (χ4n) is 4.20. The molecule has 0 N–H and O–H groups in total. The quantitative estimate of drug-likeness (QED) is 0.837. The van der Waals surface area contributed by atoms with Gasteiger partial charge >= 0.3 is 0 Å². The van der Waals surface area contributed by atoms with Crippen LogP contribution in [0.5, 0.6) is 0 Å². The van der Waals surface area contributed by atoms with Crippen molar-refractivity contribution in [2.24, 2.45) is 0 Å². The van der Waals surface area contributed by atoms with Gasteiger partial charge in [0.05, 0.1) is 11.7 Å². The molecule has 0 radical (unpaired) electrons. The minimum Gasteiger partial charge on any atom is -0.381 e. The molecule has 2 aliphatic heterocycles. The Bertz CT molecular complexity index is 715. The van der Waals surface area contributed by atoms with E-state index in [2.05, 4.69) is 17.0 Å². The molecule has 1 aromatic carbocycles. The number of hydrogen-bond donors (Lipinski definition) is 0. The molecule has 0 bridgehead atoms. The van der Waals surface area contributed by atoms with Crippen molar-refractivity contribution in [2.45, 2.75) is 44.2 Å². The molecule has 2 aromatic rings. The topological polar surface area (TPSA) is 25.4 Å². The van der Waals surface area contributed by atoms with Crippen molar-refractivity contribution >= 4 is 0 Å². The zero-order valence-electron chi connectivity index (χ0n) is 14.5. The van der Waals surface area contributed by atoms with E-state index in [1.165, 1.54) is 18.9 Å². The Kier molecular flexibility index (Phi) is 5.09. The number of aromatic nitrogens is 1. The monoisotopic (exact) mass is 340 g/mol. The second-order valence-corrected chi connectivity index (χ2v) is 7.10. The van der Waals surface area contributed by atoms with Crippen LogP contribution in [0.2, 0.25) is 0 Å². The molecule has 0 amide bonds. The number of likely N-dealkylation sites (tertiary alicyclic amines) is 1. The summed E-state index contributed by atoms with van der Waals surface area (Å²) in [6.45, 7) is 2.91. The van der Waals surface area contributed by atoms with E-state index in [1.807, 2.05) is 12.1 Å². The van der Waals surface area contributed by atoms with Gasteiger partial charge in [0, 0.05) is 31.4 Å². The summed E-state index contributed by atoms with van der Waals surface area (Å²) < 4.78 is 18.9. The van der Waals surface area contributed by atoms with Crippen molar-refractivity contribution < 1.29 is 9.13 Å². The maximum atomic E-state index is 13.4. The summed E-state index contributed by atoms with van der Waals surface area (Å²) in [6, 6.07) is 14.1. The van der Waals surface area contributed by atoms with Crippen LogP contribution >= 0.6 is 0 Å². The number of ether oxygens (including phenoxy) is 1. The first-order chi connectivity index (χ1) is 12.3. The molecular weight excluding hydrogens is 315 g/mol. The molecule has 2 aliphatic rings. The molecule has 1 atom stereocenters. The SMILES string of the molecule is Fc1cccc(Cc2cccc([C@H]3CCCN3C3CCOCC3)n2)c1. The van der Waals surface area contributed by atoms with Gasteiger partial charge in [0.15, 0.2) is 0 Å². The van der Waals surface area contributed by atoms with Crippen molar-refractivity contribution in [1.29, 1.82) is 0 Å². The molecule has 3 nitrogen and oxygen atoms in total. The van der Waals surface area contributed by atoms with Gasteiger partial charge in [-0.1, -0.05) is 18.2 Å². The van der Waals surface area contributed by atoms with Gasteiger partial charge in [-0.3, -0.25) is 9.88 Å². The first kappa shape index (κ1) is 16.7. The molecule has 4 rings (SSSR count). The van der Waals surface area contributed by atoms with Gasteiger partial charge in [0.2, 0.25) is 0 Å². The lowest BCUT2D eigenvalue weighted by molar-refractivity contribution is 0.0285. The average molecular weight is 340 g/mol. The van der Waals surface area contributed by atoms with Crippen LogP contribution in [-0.2, 0) is 11.2 Å². The molecule has 2 saturated heterocycles. The normalized spacial score (nSPS) is 22.4. The summed E-state index contributed by atoms with van der Waals surface area (Å²) in [7, 11) is 0. The van der Waals surface area contributed by atoms with Crippen LogP contribution in [0.4, 0.5) is 4.39 Å². The summed E-state index contributed by atoms with van der Waals surface area (Å²) in [6.07, 6.45) is 5.33. The van der Waals surface area contributed by atoms with Crippen LogP contribution in [0.25, 0.3) is 0 Å². The highest BCUT2D eigenvalue weighted by molar-refractivity contribution is 5.24. The molecule has 2 fully saturated rings. The van der Waals surface area contributed by atoms with E-state index in [4.69, 9.17) is 9.72 Å². The Morgan fingerprint density at radius 2 is 1.92 bits per heavy atom. The molecule has 25 heavy (non-hydrogen) atoms. The fraction of sp³-hybridized carbons (Fsp3) is 0.476. The van der Waals surface area contributed by atoms with Gasteiger partial charge in [0.25, 0.3) is 0 Å². The van der Waals surface area contributed by atoms with Crippen molar-refractivity contribution in [3.63, 3.8) is 0 Å². The van der Waals surface area contributed by atoms with Gasteiger partial charge in [-0.05, 0) is 62.1 Å². The van der Waals surface area contributed by atoms with Crippen LogP contribution in [-0.4, -0.2) is 35.7 Å². The van der Waals surface area contributed by atoms with E-state index < -0.39 is 0 Å². The average Bonchev–Trinajstić information content (AvgIpc) is 3.13. The highest BCUT2D eigenvalue weighted by Gasteiger charge is 2.33.